The molecule has 31 heavy (non-hydrogen) atoms. The zero-order valence-electron chi connectivity index (χ0n) is 18.9. The quantitative estimate of drug-likeness (QED) is 0.552. The summed E-state index contributed by atoms with van der Waals surface area (Å²) < 4.78 is 25.7. The minimum absolute atomic E-state index is 0.0281. The molecule has 0 amide bonds. The summed E-state index contributed by atoms with van der Waals surface area (Å²) in [5, 5.41) is 3.49. The maximum Gasteiger partial charge on any atom is 0.211 e. The van der Waals surface area contributed by atoms with Gasteiger partial charge < -0.3 is 10.2 Å². The van der Waals surface area contributed by atoms with E-state index in [-0.39, 0.29) is 6.04 Å². The van der Waals surface area contributed by atoms with Gasteiger partial charge in [0.2, 0.25) is 10.0 Å². The maximum atomic E-state index is 12.0. The molecule has 0 radical (unpaired) electrons. The van der Waals surface area contributed by atoms with E-state index in [9.17, 15) is 8.42 Å². The summed E-state index contributed by atoms with van der Waals surface area (Å²) in [4.78, 5) is 9.60. The predicted molar refractivity (Wildman–Crippen MR) is 125 cm³/mol. The van der Waals surface area contributed by atoms with Crippen LogP contribution in [0.5, 0.6) is 0 Å². The molecule has 1 aromatic carbocycles. The van der Waals surface area contributed by atoms with Crippen LogP contribution in [0.1, 0.15) is 37.7 Å². The van der Waals surface area contributed by atoms with E-state index in [2.05, 4.69) is 50.4 Å². The lowest BCUT2D eigenvalue weighted by Crippen LogP contribution is -2.57. The van der Waals surface area contributed by atoms with Gasteiger partial charge in [0.05, 0.1) is 6.26 Å². The smallest absolute Gasteiger partial charge is 0.211 e. The number of hydrogen-bond acceptors (Lipinski definition) is 4. The van der Waals surface area contributed by atoms with Crippen LogP contribution in [-0.2, 0) is 16.6 Å². The van der Waals surface area contributed by atoms with Gasteiger partial charge in [0.15, 0.2) is 5.96 Å². The molecule has 3 atom stereocenters. The number of nitrogens with one attached hydrogen (secondary N) is 1. The average Bonchev–Trinajstić information content (AvgIpc) is 3.24. The van der Waals surface area contributed by atoms with Crippen LogP contribution in [0, 0.1) is 5.92 Å². The molecule has 172 valence electrons. The van der Waals surface area contributed by atoms with Crippen molar-refractivity contribution in [2.75, 3.05) is 46.0 Å². The predicted octanol–water partition coefficient (Wildman–Crippen LogP) is 1.97. The normalized spacial score (nSPS) is 28.5. The average molecular weight is 448 g/mol. The Balaban J connectivity index is 1.34. The number of likely N-dealkylation sites (tertiary alicyclic amines) is 2. The molecule has 0 spiro atoms. The number of nitrogens with zero attached hydrogens (tertiary/aromatic N) is 4. The Labute approximate surface area is 187 Å². The molecule has 0 aliphatic carbocycles. The first-order chi connectivity index (χ1) is 15.0. The molecule has 2 unspecified atom stereocenters. The molecule has 0 saturated carbocycles. The van der Waals surface area contributed by atoms with E-state index < -0.39 is 10.0 Å². The van der Waals surface area contributed by atoms with Crippen LogP contribution in [-0.4, -0.2) is 86.6 Å². The Morgan fingerprint density at radius 2 is 1.87 bits per heavy atom. The molecule has 3 aliphatic heterocycles. The first kappa shape index (κ1) is 22.6. The van der Waals surface area contributed by atoms with Gasteiger partial charge in [-0.1, -0.05) is 30.3 Å². The van der Waals surface area contributed by atoms with Gasteiger partial charge in [0, 0.05) is 51.9 Å². The summed E-state index contributed by atoms with van der Waals surface area (Å²) >= 11 is 0. The van der Waals surface area contributed by atoms with Crippen molar-refractivity contribution >= 4 is 16.0 Å². The fraction of sp³-hybridized carbons (Fsp3) is 0.696. The van der Waals surface area contributed by atoms with E-state index in [4.69, 9.17) is 0 Å². The lowest BCUT2D eigenvalue weighted by Gasteiger charge is -2.48. The van der Waals surface area contributed by atoms with Crippen molar-refractivity contribution in [1.82, 2.24) is 19.4 Å². The van der Waals surface area contributed by atoms with Crippen LogP contribution in [0.4, 0.5) is 0 Å². The zero-order valence-corrected chi connectivity index (χ0v) is 19.7. The van der Waals surface area contributed by atoms with E-state index in [0.29, 0.717) is 25.0 Å². The zero-order chi connectivity index (χ0) is 21.8. The Morgan fingerprint density at radius 3 is 2.61 bits per heavy atom. The number of benzene rings is 1. The summed E-state index contributed by atoms with van der Waals surface area (Å²) in [6.45, 7) is 5.51. The minimum atomic E-state index is -3.14. The third-order valence-corrected chi connectivity index (χ3v) is 8.50. The number of fused-ring (bicyclic) bond motifs is 1. The number of aliphatic imine (C=N–C) groups is 1. The highest BCUT2D eigenvalue weighted by Crippen LogP contribution is 2.31. The molecule has 3 aliphatic rings. The second-order valence-electron chi connectivity index (χ2n) is 9.26. The van der Waals surface area contributed by atoms with Crippen LogP contribution >= 0.6 is 0 Å². The van der Waals surface area contributed by atoms with Crippen molar-refractivity contribution in [2.45, 2.75) is 50.7 Å². The Bertz CT molecular complexity index is 860. The highest BCUT2D eigenvalue weighted by Gasteiger charge is 2.37. The van der Waals surface area contributed by atoms with E-state index in [0.717, 1.165) is 44.9 Å². The summed E-state index contributed by atoms with van der Waals surface area (Å²) in [5.41, 5.74) is 1.40. The Kier molecular flexibility index (Phi) is 7.19. The minimum Gasteiger partial charge on any atom is -0.355 e. The van der Waals surface area contributed by atoms with Crippen LogP contribution in [0.3, 0.4) is 0 Å². The van der Waals surface area contributed by atoms with Crippen molar-refractivity contribution in [3.63, 3.8) is 0 Å². The molecule has 3 saturated heterocycles. The van der Waals surface area contributed by atoms with Crippen LogP contribution < -0.4 is 5.32 Å². The number of guanidine groups is 1. The summed E-state index contributed by atoms with van der Waals surface area (Å²) in [5.74, 6) is 1.57. The van der Waals surface area contributed by atoms with Gasteiger partial charge in [0.25, 0.3) is 0 Å². The lowest BCUT2D eigenvalue weighted by molar-refractivity contribution is 0.0372. The van der Waals surface area contributed by atoms with Gasteiger partial charge in [-0.05, 0) is 50.1 Å². The summed E-state index contributed by atoms with van der Waals surface area (Å²) in [6.07, 6.45) is 6.83. The number of rotatable bonds is 5. The standard InChI is InChI=1S/C23H37N5O2S/c1-24-23(25-16-21-11-7-14-28(21)31(2,29)30)27-15-12-22-20(18-27)10-6-13-26(22)17-19-8-4-3-5-9-19/h3-5,8-9,20-22H,6-7,10-18H2,1-2H3,(H,24,25)/t20?,21-,22?/m1/s1. The van der Waals surface area contributed by atoms with Gasteiger partial charge >= 0.3 is 0 Å². The van der Waals surface area contributed by atoms with Crippen LogP contribution in [0.15, 0.2) is 35.3 Å². The van der Waals surface area contributed by atoms with Gasteiger partial charge in [0.1, 0.15) is 0 Å². The van der Waals surface area contributed by atoms with Crippen molar-refractivity contribution in [1.29, 1.82) is 0 Å². The molecule has 0 bridgehead atoms. The highest BCUT2D eigenvalue weighted by molar-refractivity contribution is 7.88. The van der Waals surface area contributed by atoms with Crippen LogP contribution in [0.2, 0.25) is 0 Å². The summed E-state index contributed by atoms with van der Waals surface area (Å²) in [7, 11) is -1.31. The molecule has 4 rings (SSSR count). The second kappa shape index (κ2) is 9.88. The largest absolute Gasteiger partial charge is 0.355 e. The molecule has 8 heteroatoms. The second-order valence-corrected chi connectivity index (χ2v) is 11.2. The fourth-order valence-electron chi connectivity index (χ4n) is 5.70. The summed E-state index contributed by atoms with van der Waals surface area (Å²) in [6, 6.07) is 11.5. The topological polar surface area (TPSA) is 68.2 Å². The number of sulfonamides is 1. The molecular formula is C23H37N5O2S. The molecule has 1 N–H and O–H groups in total. The Morgan fingerprint density at radius 1 is 1.10 bits per heavy atom. The molecule has 1 aromatic rings. The van der Waals surface area contributed by atoms with Crippen LogP contribution in [0.25, 0.3) is 0 Å². The molecule has 3 fully saturated rings. The number of hydrogen-bond donors (Lipinski definition) is 1. The van der Waals surface area contributed by atoms with E-state index >= 15 is 0 Å². The monoisotopic (exact) mass is 447 g/mol. The Hall–Kier alpha value is -1.64. The first-order valence-corrected chi connectivity index (χ1v) is 13.5. The van der Waals surface area contributed by atoms with E-state index in [1.807, 2.05) is 7.05 Å². The van der Waals surface area contributed by atoms with E-state index in [1.165, 1.54) is 31.2 Å². The molecular weight excluding hydrogens is 410 g/mol. The SMILES string of the molecule is CN=C(NC[C@H]1CCCN1S(C)(=O)=O)N1CCC2C(CCCN2Cc2ccccc2)C1. The highest BCUT2D eigenvalue weighted by atomic mass is 32.2. The first-order valence-electron chi connectivity index (χ1n) is 11.7. The van der Waals surface area contributed by atoms with Gasteiger partial charge in [-0.15, -0.1) is 0 Å². The number of piperidine rings is 2. The third-order valence-electron chi connectivity index (χ3n) is 7.17. The molecule has 7 nitrogen and oxygen atoms in total. The molecule has 3 heterocycles. The van der Waals surface area contributed by atoms with Crippen molar-refractivity contribution in [3.8, 4) is 0 Å². The van der Waals surface area contributed by atoms with Crippen molar-refractivity contribution in [3.05, 3.63) is 35.9 Å². The van der Waals surface area contributed by atoms with E-state index in [1.54, 1.807) is 4.31 Å². The van der Waals surface area contributed by atoms with Gasteiger partial charge in [-0.25, -0.2) is 8.42 Å². The molecule has 0 aromatic heterocycles. The van der Waals surface area contributed by atoms with Crippen molar-refractivity contribution in [2.24, 2.45) is 10.9 Å². The maximum absolute atomic E-state index is 12.0. The van der Waals surface area contributed by atoms with Gasteiger partial charge in [-0.2, -0.15) is 4.31 Å². The lowest BCUT2D eigenvalue weighted by atomic mass is 9.83. The third kappa shape index (κ3) is 5.41. The fourth-order valence-corrected chi connectivity index (χ4v) is 6.89. The van der Waals surface area contributed by atoms with Crippen molar-refractivity contribution < 1.29 is 8.42 Å². The van der Waals surface area contributed by atoms with Gasteiger partial charge in [-0.3, -0.25) is 9.89 Å².